The van der Waals surface area contributed by atoms with Crippen LogP contribution in [-0.2, 0) is 19.6 Å². The molecule has 0 spiro atoms. The van der Waals surface area contributed by atoms with Crippen molar-refractivity contribution in [3.63, 3.8) is 0 Å². The number of nitrogens with zero attached hydrogens (tertiary/aromatic N) is 5. The number of benzene rings is 1. The summed E-state index contributed by atoms with van der Waals surface area (Å²) in [6.45, 7) is 5.25. The topological polar surface area (TPSA) is 87.0 Å². The van der Waals surface area contributed by atoms with Crippen LogP contribution in [0.4, 0.5) is 0 Å². The highest BCUT2D eigenvalue weighted by molar-refractivity contribution is 5.83. The van der Waals surface area contributed by atoms with E-state index in [4.69, 9.17) is 0 Å². The van der Waals surface area contributed by atoms with E-state index in [0.29, 0.717) is 42.8 Å². The van der Waals surface area contributed by atoms with Crippen LogP contribution in [0.3, 0.4) is 0 Å². The summed E-state index contributed by atoms with van der Waals surface area (Å²) >= 11 is 0. The van der Waals surface area contributed by atoms with Gasteiger partial charge in [0, 0.05) is 24.8 Å². The molecule has 0 unspecified atom stereocenters. The predicted molar refractivity (Wildman–Crippen MR) is 115 cm³/mol. The lowest BCUT2D eigenvalue weighted by molar-refractivity contribution is 0.203. The maximum absolute atomic E-state index is 13.0. The van der Waals surface area contributed by atoms with Crippen LogP contribution in [0.25, 0.3) is 22.3 Å². The Morgan fingerprint density at radius 2 is 1.70 bits per heavy atom. The van der Waals surface area contributed by atoms with E-state index in [1.54, 1.807) is 21.5 Å². The number of fused-ring (bicyclic) bond motifs is 1. The van der Waals surface area contributed by atoms with Gasteiger partial charge >= 0.3 is 5.69 Å². The standard InChI is InChI=1S/C22H25N5O3/c1-3-10-25-19-12-18(27(30)20(19)21(28)26(11-4-2)22(25)29)17-13-23-24(15-17)14-16-8-6-5-7-9-16/h5-9,12-13,15,30H,3-4,10-11,14H2,1-2H3. The zero-order valence-corrected chi connectivity index (χ0v) is 17.2. The third-order valence-corrected chi connectivity index (χ3v) is 5.17. The van der Waals surface area contributed by atoms with E-state index in [9.17, 15) is 14.8 Å². The Labute approximate surface area is 173 Å². The van der Waals surface area contributed by atoms with Crippen molar-refractivity contribution in [3.8, 4) is 11.3 Å². The molecule has 0 atom stereocenters. The molecule has 1 N–H and O–H groups in total. The van der Waals surface area contributed by atoms with Gasteiger partial charge in [0.25, 0.3) is 5.56 Å². The molecular weight excluding hydrogens is 382 g/mol. The van der Waals surface area contributed by atoms with Crippen molar-refractivity contribution in [2.24, 2.45) is 0 Å². The molecule has 0 saturated heterocycles. The summed E-state index contributed by atoms with van der Waals surface area (Å²) in [5.74, 6) is 0. The summed E-state index contributed by atoms with van der Waals surface area (Å²) < 4.78 is 5.43. The first-order chi connectivity index (χ1) is 14.5. The normalized spacial score (nSPS) is 11.4. The Kier molecular flexibility index (Phi) is 5.31. The maximum Gasteiger partial charge on any atom is 0.331 e. The summed E-state index contributed by atoms with van der Waals surface area (Å²) in [7, 11) is 0. The van der Waals surface area contributed by atoms with E-state index in [2.05, 4.69) is 5.10 Å². The lowest BCUT2D eigenvalue weighted by Crippen LogP contribution is -2.40. The molecule has 1 aromatic carbocycles. The highest BCUT2D eigenvalue weighted by Gasteiger charge is 2.21. The van der Waals surface area contributed by atoms with Gasteiger partial charge in [-0.3, -0.25) is 18.6 Å². The lowest BCUT2D eigenvalue weighted by Gasteiger charge is -2.10. The van der Waals surface area contributed by atoms with Gasteiger partial charge in [0.15, 0.2) is 5.52 Å². The summed E-state index contributed by atoms with van der Waals surface area (Å²) in [5, 5.41) is 15.2. The SMILES string of the molecule is CCCn1c(=O)c2c(cc(-c3cnn(Cc4ccccc4)c3)n2O)n(CCC)c1=O. The highest BCUT2D eigenvalue weighted by atomic mass is 16.5. The quantitative estimate of drug-likeness (QED) is 0.477. The predicted octanol–water partition coefficient (Wildman–Crippen LogP) is 2.93. The molecule has 8 nitrogen and oxygen atoms in total. The first-order valence-electron chi connectivity index (χ1n) is 10.2. The van der Waals surface area contributed by atoms with Gasteiger partial charge in [-0.1, -0.05) is 44.2 Å². The summed E-state index contributed by atoms with van der Waals surface area (Å²) in [4.78, 5) is 25.8. The zero-order valence-electron chi connectivity index (χ0n) is 17.2. The second-order valence-corrected chi connectivity index (χ2v) is 7.38. The van der Waals surface area contributed by atoms with Crippen LogP contribution in [-0.4, -0.2) is 28.9 Å². The van der Waals surface area contributed by atoms with Gasteiger partial charge in [-0.25, -0.2) is 4.79 Å². The smallest absolute Gasteiger partial charge is 0.331 e. The first-order valence-corrected chi connectivity index (χ1v) is 10.2. The molecule has 4 rings (SSSR count). The third kappa shape index (κ3) is 3.34. The van der Waals surface area contributed by atoms with Crippen LogP contribution in [0.1, 0.15) is 32.3 Å². The molecule has 0 saturated carbocycles. The third-order valence-electron chi connectivity index (χ3n) is 5.17. The van der Waals surface area contributed by atoms with Crippen molar-refractivity contribution in [2.45, 2.75) is 46.3 Å². The minimum Gasteiger partial charge on any atom is -0.428 e. The largest absolute Gasteiger partial charge is 0.428 e. The van der Waals surface area contributed by atoms with Gasteiger partial charge in [0.2, 0.25) is 0 Å². The second-order valence-electron chi connectivity index (χ2n) is 7.38. The molecular formula is C22H25N5O3. The number of rotatable bonds is 7. The Morgan fingerprint density at radius 1 is 1.00 bits per heavy atom. The van der Waals surface area contributed by atoms with Crippen LogP contribution >= 0.6 is 0 Å². The van der Waals surface area contributed by atoms with Crippen LogP contribution in [0.5, 0.6) is 0 Å². The average Bonchev–Trinajstić information content (AvgIpc) is 3.33. The maximum atomic E-state index is 13.0. The number of hydrogen-bond acceptors (Lipinski definition) is 4. The molecule has 0 aliphatic rings. The van der Waals surface area contributed by atoms with Crippen molar-refractivity contribution in [1.29, 1.82) is 0 Å². The molecule has 8 heteroatoms. The van der Waals surface area contributed by atoms with E-state index in [1.165, 1.54) is 4.57 Å². The van der Waals surface area contributed by atoms with Gasteiger partial charge in [-0.15, -0.1) is 0 Å². The van der Waals surface area contributed by atoms with Crippen molar-refractivity contribution >= 4 is 11.0 Å². The van der Waals surface area contributed by atoms with E-state index in [0.717, 1.165) is 16.7 Å². The molecule has 3 aromatic heterocycles. The first kappa shape index (κ1) is 19.8. The van der Waals surface area contributed by atoms with Crippen molar-refractivity contribution in [1.82, 2.24) is 23.6 Å². The van der Waals surface area contributed by atoms with Crippen LogP contribution < -0.4 is 11.2 Å². The molecule has 0 amide bonds. The van der Waals surface area contributed by atoms with E-state index < -0.39 is 5.56 Å². The molecule has 0 bridgehead atoms. The van der Waals surface area contributed by atoms with Gasteiger partial charge in [-0.05, 0) is 24.5 Å². The number of hydrogen-bond donors (Lipinski definition) is 1. The Morgan fingerprint density at radius 3 is 2.40 bits per heavy atom. The fourth-order valence-electron chi connectivity index (χ4n) is 3.78. The van der Waals surface area contributed by atoms with E-state index >= 15 is 0 Å². The Hall–Kier alpha value is -3.55. The summed E-state index contributed by atoms with van der Waals surface area (Å²) in [6, 6.07) is 11.6. The average molecular weight is 407 g/mol. The minimum absolute atomic E-state index is 0.113. The van der Waals surface area contributed by atoms with E-state index in [1.807, 2.05) is 50.4 Å². The summed E-state index contributed by atoms with van der Waals surface area (Å²) in [5.41, 5.74) is 1.94. The molecule has 3 heterocycles. The van der Waals surface area contributed by atoms with Gasteiger partial charge in [0.1, 0.15) is 0 Å². The molecule has 0 aliphatic heterocycles. The van der Waals surface area contributed by atoms with Crippen LogP contribution in [0.2, 0.25) is 0 Å². The van der Waals surface area contributed by atoms with Crippen LogP contribution in [0, 0.1) is 0 Å². The van der Waals surface area contributed by atoms with Crippen molar-refractivity contribution < 1.29 is 5.21 Å². The molecule has 0 aliphatic carbocycles. The van der Waals surface area contributed by atoms with Gasteiger partial charge in [-0.2, -0.15) is 9.83 Å². The van der Waals surface area contributed by atoms with Gasteiger partial charge < -0.3 is 5.21 Å². The molecule has 0 radical (unpaired) electrons. The minimum atomic E-state index is -0.477. The fraction of sp³-hybridized carbons (Fsp3) is 0.318. The molecule has 0 fully saturated rings. The fourth-order valence-corrected chi connectivity index (χ4v) is 3.78. The lowest BCUT2D eigenvalue weighted by atomic mass is 10.2. The van der Waals surface area contributed by atoms with Crippen molar-refractivity contribution in [2.75, 3.05) is 0 Å². The monoisotopic (exact) mass is 407 g/mol. The number of aryl methyl sites for hydroxylation is 1. The molecule has 4 aromatic rings. The second kappa shape index (κ2) is 8.06. The van der Waals surface area contributed by atoms with Crippen molar-refractivity contribution in [3.05, 3.63) is 75.2 Å². The Bertz CT molecular complexity index is 1290. The van der Waals surface area contributed by atoms with Crippen LogP contribution in [0.15, 0.2) is 58.4 Å². The Balaban J connectivity index is 1.84. The summed E-state index contributed by atoms with van der Waals surface area (Å²) in [6.07, 6.45) is 4.86. The number of aromatic nitrogens is 5. The highest BCUT2D eigenvalue weighted by Crippen LogP contribution is 2.25. The van der Waals surface area contributed by atoms with Gasteiger partial charge in [0.05, 0.1) is 24.0 Å². The zero-order chi connectivity index (χ0) is 21.3. The van der Waals surface area contributed by atoms with E-state index in [-0.39, 0.29) is 11.2 Å². The molecule has 30 heavy (non-hydrogen) atoms. The molecule has 156 valence electrons.